The number of nitrogens with one attached hydrogen (secondary N) is 1. The maximum absolute atomic E-state index is 13.3. The van der Waals surface area contributed by atoms with Crippen LogP contribution in [0.1, 0.15) is 24.8 Å². The molecule has 19 heavy (non-hydrogen) atoms. The van der Waals surface area contributed by atoms with Crippen LogP contribution in [0.3, 0.4) is 0 Å². The van der Waals surface area contributed by atoms with E-state index < -0.39 is 5.82 Å². The van der Waals surface area contributed by atoms with Crippen LogP contribution in [0.5, 0.6) is 0 Å². The Morgan fingerprint density at radius 1 is 1.16 bits per heavy atom. The van der Waals surface area contributed by atoms with Crippen molar-refractivity contribution in [3.8, 4) is 0 Å². The summed E-state index contributed by atoms with van der Waals surface area (Å²) in [7, 11) is 0. The molecule has 0 saturated carbocycles. The van der Waals surface area contributed by atoms with Gasteiger partial charge in [0.1, 0.15) is 5.82 Å². The molecule has 2 nitrogen and oxygen atoms in total. The second kappa shape index (κ2) is 5.57. The SMILES string of the molecule is Fc1ccc(CN2CCC3CCC(C2)N3)c(Cl)c1Cl. The third kappa shape index (κ3) is 2.89. The molecule has 2 bridgehead atoms. The van der Waals surface area contributed by atoms with Crippen molar-refractivity contribution in [2.45, 2.75) is 37.9 Å². The first-order valence-electron chi connectivity index (χ1n) is 6.74. The zero-order valence-corrected chi connectivity index (χ0v) is 12.1. The second-order valence-corrected chi connectivity index (χ2v) is 6.25. The van der Waals surface area contributed by atoms with Gasteiger partial charge in [-0.1, -0.05) is 29.3 Å². The number of hydrogen-bond acceptors (Lipinski definition) is 2. The number of likely N-dealkylation sites (tertiary alicyclic amines) is 1. The van der Waals surface area contributed by atoms with Gasteiger partial charge in [0.2, 0.25) is 0 Å². The van der Waals surface area contributed by atoms with E-state index in [1.165, 1.54) is 25.3 Å². The minimum Gasteiger partial charge on any atom is -0.310 e. The lowest BCUT2D eigenvalue weighted by Gasteiger charge is -2.24. The van der Waals surface area contributed by atoms with Gasteiger partial charge >= 0.3 is 0 Å². The lowest BCUT2D eigenvalue weighted by molar-refractivity contribution is 0.251. The molecule has 0 amide bonds. The summed E-state index contributed by atoms with van der Waals surface area (Å²) in [4.78, 5) is 2.38. The van der Waals surface area contributed by atoms with E-state index in [9.17, 15) is 4.39 Å². The van der Waals surface area contributed by atoms with E-state index in [1.54, 1.807) is 6.07 Å². The molecular weight excluding hydrogens is 286 g/mol. The number of hydrogen-bond donors (Lipinski definition) is 1. The summed E-state index contributed by atoms with van der Waals surface area (Å²) >= 11 is 12.0. The monoisotopic (exact) mass is 302 g/mol. The maximum atomic E-state index is 13.3. The molecule has 0 aromatic heterocycles. The molecule has 0 spiro atoms. The highest BCUT2D eigenvalue weighted by atomic mass is 35.5. The average molecular weight is 303 g/mol. The first-order valence-corrected chi connectivity index (χ1v) is 7.50. The van der Waals surface area contributed by atoms with E-state index in [0.29, 0.717) is 17.1 Å². The molecule has 1 N–H and O–H groups in total. The van der Waals surface area contributed by atoms with Crippen LogP contribution in [-0.4, -0.2) is 30.1 Å². The van der Waals surface area contributed by atoms with Gasteiger partial charge < -0.3 is 5.32 Å². The molecule has 2 aliphatic heterocycles. The summed E-state index contributed by atoms with van der Waals surface area (Å²) in [6.45, 7) is 2.82. The Bertz CT molecular complexity index is 481. The van der Waals surface area contributed by atoms with Crippen molar-refractivity contribution in [1.29, 1.82) is 0 Å². The fourth-order valence-electron chi connectivity index (χ4n) is 3.09. The highest BCUT2D eigenvalue weighted by Gasteiger charge is 2.29. The van der Waals surface area contributed by atoms with Crippen molar-refractivity contribution in [2.75, 3.05) is 13.1 Å². The number of rotatable bonds is 2. The van der Waals surface area contributed by atoms with Gasteiger partial charge in [-0.25, -0.2) is 4.39 Å². The van der Waals surface area contributed by atoms with Crippen molar-refractivity contribution >= 4 is 23.2 Å². The minimum absolute atomic E-state index is 0.0358. The van der Waals surface area contributed by atoms with Crippen LogP contribution in [0, 0.1) is 5.82 Å². The highest BCUT2D eigenvalue weighted by Crippen LogP contribution is 2.30. The third-order valence-corrected chi connectivity index (χ3v) is 5.01. The quantitative estimate of drug-likeness (QED) is 0.842. The van der Waals surface area contributed by atoms with E-state index in [0.717, 1.165) is 25.2 Å². The van der Waals surface area contributed by atoms with Gasteiger partial charge in [-0.15, -0.1) is 0 Å². The van der Waals surface area contributed by atoms with Gasteiger partial charge in [0, 0.05) is 31.7 Å². The molecule has 0 aliphatic carbocycles. The standard InChI is InChI=1S/C14H17Cl2FN2/c15-13-9(1-4-12(17)14(13)16)7-19-6-5-10-2-3-11(8-19)18-10/h1,4,10-11,18H,2-3,5-8H2. The Hall–Kier alpha value is -0.350. The van der Waals surface area contributed by atoms with Gasteiger partial charge in [-0.05, 0) is 30.9 Å². The van der Waals surface area contributed by atoms with Crippen LogP contribution in [0.25, 0.3) is 0 Å². The van der Waals surface area contributed by atoms with Crippen LogP contribution in [0.2, 0.25) is 10.0 Å². The second-order valence-electron chi connectivity index (χ2n) is 5.50. The molecule has 2 atom stereocenters. The van der Waals surface area contributed by atoms with Gasteiger partial charge in [0.15, 0.2) is 0 Å². The summed E-state index contributed by atoms with van der Waals surface area (Å²) in [5.41, 5.74) is 0.908. The Balaban J connectivity index is 1.73. The lowest BCUT2D eigenvalue weighted by Crippen LogP contribution is -2.35. The molecule has 2 heterocycles. The Labute approximate surface area is 122 Å². The first-order chi connectivity index (χ1) is 9.13. The molecular formula is C14H17Cl2FN2. The Morgan fingerprint density at radius 3 is 2.79 bits per heavy atom. The van der Waals surface area contributed by atoms with Gasteiger partial charge in [0.25, 0.3) is 0 Å². The van der Waals surface area contributed by atoms with Crippen LogP contribution < -0.4 is 5.32 Å². The van der Waals surface area contributed by atoms with Gasteiger partial charge in [0.05, 0.1) is 10.0 Å². The molecule has 1 aromatic carbocycles. The van der Waals surface area contributed by atoms with E-state index in [4.69, 9.17) is 23.2 Å². The van der Waals surface area contributed by atoms with E-state index >= 15 is 0 Å². The summed E-state index contributed by atoms with van der Waals surface area (Å²) in [6.07, 6.45) is 3.71. The van der Waals surface area contributed by atoms with Gasteiger partial charge in [-0.3, -0.25) is 4.90 Å². The van der Waals surface area contributed by atoms with Crippen LogP contribution in [-0.2, 0) is 6.54 Å². The number of nitrogens with zero attached hydrogens (tertiary/aromatic N) is 1. The average Bonchev–Trinajstić information content (AvgIpc) is 2.73. The minimum atomic E-state index is -0.452. The van der Waals surface area contributed by atoms with E-state index in [2.05, 4.69) is 10.2 Å². The summed E-state index contributed by atoms with van der Waals surface area (Å²) in [5.74, 6) is -0.452. The van der Waals surface area contributed by atoms with Crippen LogP contribution in [0.15, 0.2) is 12.1 Å². The normalized spacial score (nSPS) is 27.5. The molecule has 2 fully saturated rings. The van der Waals surface area contributed by atoms with E-state index in [-0.39, 0.29) is 5.02 Å². The van der Waals surface area contributed by atoms with Gasteiger partial charge in [-0.2, -0.15) is 0 Å². The van der Waals surface area contributed by atoms with Crippen LogP contribution >= 0.6 is 23.2 Å². The molecule has 2 unspecified atom stereocenters. The molecule has 1 aromatic rings. The van der Waals surface area contributed by atoms with Crippen molar-refractivity contribution in [3.63, 3.8) is 0 Å². The molecule has 104 valence electrons. The largest absolute Gasteiger partial charge is 0.310 e. The molecule has 3 rings (SSSR count). The fourth-order valence-corrected chi connectivity index (χ4v) is 3.49. The lowest BCUT2D eigenvalue weighted by atomic mass is 10.1. The fraction of sp³-hybridized carbons (Fsp3) is 0.571. The zero-order valence-electron chi connectivity index (χ0n) is 10.6. The molecule has 0 radical (unpaired) electrons. The summed E-state index contributed by atoms with van der Waals surface area (Å²) < 4.78 is 13.3. The predicted octanol–water partition coefficient (Wildman–Crippen LogP) is 3.46. The summed E-state index contributed by atoms with van der Waals surface area (Å²) in [5, 5.41) is 4.03. The van der Waals surface area contributed by atoms with Crippen molar-refractivity contribution in [1.82, 2.24) is 10.2 Å². The van der Waals surface area contributed by atoms with E-state index in [1.807, 2.05) is 0 Å². The Morgan fingerprint density at radius 2 is 1.95 bits per heavy atom. The Kier molecular flexibility index (Phi) is 3.99. The number of halogens is 3. The van der Waals surface area contributed by atoms with Crippen LogP contribution in [0.4, 0.5) is 4.39 Å². The third-order valence-electron chi connectivity index (χ3n) is 4.12. The molecule has 5 heteroatoms. The zero-order chi connectivity index (χ0) is 13.4. The topological polar surface area (TPSA) is 15.3 Å². The summed E-state index contributed by atoms with van der Waals surface area (Å²) in [6, 6.07) is 4.38. The van der Waals surface area contributed by atoms with Crippen molar-refractivity contribution < 1.29 is 4.39 Å². The first kappa shape index (κ1) is 13.6. The number of benzene rings is 1. The molecule has 2 saturated heterocycles. The van der Waals surface area contributed by atoms with Crippen molar-refractivity contribution in [2.24, 2.45) is 0 Å². The maximum Gasteiger partial charge on any atom is 0.143 e. The number of fused-ring (bicyclic) bond motifs is 2. The van der Waals surface area contributed by atoms with Crippen molar-refractivity contribution in [3.05, 3.63) is 33.6 Å². The highest BCUT2D eigenvalue weighted by molar-refractivity contribution is 6.42. The predicted molar refractivity (Wildman–Crippen MR) is 76.3 cm³/mol. The smallest absolute Gasteiger partial charge is 0.143 e. The molecule has 2 aliphatic rings.